The molecule has 1 aromatic carbocycles. The molecule has 5 nitrogen and oxygen atoms in total. The molecule has 2 aromatic heterocycles. The second-order valence-electron chi connectivity index (χ2n) is 4.85. The highest BCUT2D eigenvalue weighted by Gasteiger charge is 2.11. The van der Waals surface area contributed by atoms with Gasteiger partial charge < -0.3 is 5.32 Å². The Morgan fingerprint density at radius 2 is 2.04 bits per heavy atom. The summed E-state index contributed by atoms with van der Waals surface area (Å²) >= 11 is 6.12. The Bertz CT molecular complexity index is 862. The van der Waals surface area contributed by atoms with E-state index in [9.17, 15) is 9.59 Å². The first kappa shape index (κ1) is 16.8. The summed E-state index contributed by atoms with van der Waals surface area (Å²) in [5.74, 6) is -0.357. The van der Waals surface area contributed by atoms with Gasteiger partial charge in [-0.1, -0.05) is 22.0 Å². The number of nitrogens with zero attached hydrogens (tertiary/aromatic N) is 1. The van der Waals surface area contributed by atoms with Crippen molar-refractivity contribution in [3.63, 3.8) is 0 Å². The second kappa shape index (κ2) is 7.69. The number of anilines is 2. The standard InChI is InChI=1S/C16H12BrN3O2S2/c17-11-2-1-3-12(6-11)18-14(21)7-13-9-24-16(19-13)20-15(22)10-4-5-23-8-10/h1-6,8-9H,7H2,(H,18,21)(H,19,20,22). The van der Waals surface area contributed by atoms with Crippen LogP contribution in [0.1, 0.15) is 16.1 Å². The van der Waals surface area contributed by atoms with Crippen LogP contribution in [0.15, 0.2) is 50.9 Å². The summed E-state index contributed by atoms with van der Waals surface area (Å²) < 4.78 is 0.896. The third kappa shape index (κ3) is 4.50. The molecule has 24 heavy (non-hydrogen) atoms. The van der Waals surface area contributed by atoms with Gasteiger partial charge in [-0.25, -0.2) is 4.98 Å². The minimum Gasteiger partial charge on any atom is -0.326 e. The van der Waals surface area contributed by atoms with Crippen molar-refractivity contribution in [1.29, 1.82) is 0 Å². The number of aromatic nitrogens is 1. The molecule has 0 unspecified atom stereocenters. The molecule has 8 heteroatoms. The van der Waals surface area contributed by atoms with Gasteiger partial charge in [-0.3, -0.25) is 14.9 Å². The summed E-state index contributed by atoms with van der Waals surface area (Å²) in [4.78, 5) is 28.3. The molecule has 0 bridgehead atoms. The summed E-state index contributed by atoms with van der Waals surface area (Å²) in [6, 6.07) is 9.13. The largest absolute Gasteiger partial charge is 0.326 e. The number of rotatable bonds is 5. The fourth-order valence-electron chi connectivity index (χ4n) is 1.94. The van der Waals surface area contributed by atoms with E-state index in [0.29, 0.717) is 16.4 Å². The molecule has 0 saturated heterocycles. The number of halogens is 1. The smallest absolute Gasteiger partial charge is 0.258 e. The molecule has 0 aliphatic heterocycles. The number of benzene rings is 1. The molecule has 122 valence electrons. The lowest BCUT2D eigenvalue weighted by Crippen LogP contribution is -2.15. The molecule has 3 aromatic rings. The Morgan fingerprint density at radius 1 is 1.17 bits per heavy atom. The monoisotopic (exact) mass is 421 g/mol. The maximum absolute atomic E-state index is 12.1. The molecule has 0 radical (unpaired) electrons. The van der Waals surface area contributed by atoms with Crippen LogP contribution >= 0.6 is 38.6 Å². The van der Waals surface area contributed by atoms with Crippen molar-refractivity contribution >= 4 is 61.2 Å². The summed E-state index contributed by atoms with van der Waals surface area (Å²) in [5, 5.41) is 11.4. The normalized spacial score (nSPS) is 10.4. The Kier molecular flexibility index (Phi) is 5.39. The predicted molar refractivity (Wildman–Crippen MR) is 101 cm³/mol. The first-order valence-electron chi connectivity index (χ1n) is 6.93. The van der Waals surface area contributed by atoms with Crippen LogP contribution in [0.2, 0.25) is 0 Å². The summed E-state index contributed by atoms with van der Waals surface area (Å²) in [5.41, 5.74) is 1.94. The van der Waals surface area contributed by atoms with E-state index < -0.39 is 0 Å². The van der Waals surface area contributed by atoms with Gasteiger partial charge in [0, 0.05) is 20.9 Å². The number of nitrogens with one attached hydrogen (secondary N) is 2. The van der Waals surface area contributed by atoms with Crippen LogP contribution in [0.25, 0.3) is 0 Å². The van der Waals surface area contributed by atoms with Gasteiger partial charge in [-0.15, -0.1) is 11.3 Å². The van der Waals surface area contributed by atoms with E-state index in [2.05, 4.69) is 31.5 Å². The second-order valence-corrected chi connectivity index (χ2v) is 7.40. The van der Waals surface area contributed by atoms with Crippen LogP contribution in [-0.2, 0) is 11.2 Å². The highest BCUT2D eigenvalue weighted by Crippen LogP contribution is 2.19. The number of carbonyl (C=O) groups is 2. The fraction of sp³-hybridized carbons (Fsp3) is 0.0625. The van der Waals surface area contributed by atoms with Crippen LogP contribution in [0, 0.1) is 0 Å². The number of amides is 2. The Labute approximate surface area is 154 Å². The lowest BCUT2D eigenvalue weighted by atomic mass is 10.3. The van der Waals surface area contributed by atoms with Crippen molar-refractivity contribution in [3.05, 3.63) is 62.2 Å². The van der Waals surface area contributed by atoms with Crippen LogP contribution in [0.3, 0.4) is 0 Å². The van der Waals surface area contributed by atoms with Crippen molar-refractivity contribution < 1.29 is 9.59 Å². The zero-order valence-corrected chi connectivity index (χ0v) is 15.5. The molecule has 2 heterocycles. The van der Waals surface area contributed by atoms with Gasteiger partial charge in [0.15, 0.2) is 5.13 Å². The molecule has 0 atom stereocenters. The lowest BCUT2D eigenvalue weighted by Gasteiger charge is -2.04. The average molecular weight is 422 g/mol. The molecular formula is C16H12BrN3O2S2. The average Bonchev–Trinajstić information content (AvgIpc) is 3.19. The van der Waals surface area contributed by atoms with E-state index in [1.165, 1.54) is 22.7 Å². The van der Waals surface area contributed by atoms with Gasteiger partial charge in [0.05, 0.1) is 17.7 Å². The zero-order valence-electron chi connectivity index (χ0n) is 12.3. The van der Waals surface area contributed by atoms with Gasteiger partial charge in [-0.2, -0.15) is 11.3 Å². The summed E-state index contributed by atoms with van der Waals surface area (Å²) in [6.45, 7) is 0. The van der Waals surface area contributed by atoms with Crippen LogP contribution in [0.4, 0.5) is 10.8 Å². The van der Waals surface area contributed by atoms with Crippen molar-refractivity contribution in [2.75, 3.05) is 10.6 Å². The molecule has 0 saturated carbocycles. The molecular weight excluding hydrogens is 410 g/mol. The van der Waals surface area contributed by atoms with Gasteiger partial charge >= 0.3 is 0 Å². The fourth-order valence-corrected chi connectivity index (χ4v) is 3.68. The molecule has 0 aliphatic rings. The van der Waals surface area contributed by atoms with Crippen LogP contribution in [0.5, 0.6) is 0 Å². The van der Waals surface area contributed by atoms with E-state index >= 15 is 0 Å². The first-order valence-corrected chi connectivity index (χ1v) is 9.55. The molecule has 0 spiro atoms. The Morgan fingerprint density at radius 3 is 2.79 bits per heavy atom. The van der Waals surface area contributed by atoms with Crippen LogP contribution < -0.4 is 10.6 Å². The topological polar surface area (TPSA) is 71.1 Å². The third-order valence-corrected chi connectivity index (χ3v) is 4.99. The highest BCUT2D eigenvalue weighted by atomic mass is 79.9. The number of hydrogen-bond acceptors (Lipinski definition) is 5. The number of carbonyl (C=O) groups excluding carboxylic acids is 2. The van der Waals surface area contributed by atoms with Crippen molar-refractivity contribution in [3.8, 4) is 0 Å². The Hall–Kier alpha value is -2.03. The third-order valence-electron chi connectivity index (χ3n) is 3.01. The molecule has 0 aliphatic carbocycles. The maximum Gasteiger partial charge on any atom is 0.258 e. The van der Waals surface area contributed by atoms with Gasteiger partial charge in [0.2, 0.25) is 5.91 Å². The number of thiophene rings is 1. The van der Waals surface area contributed by atoms with E-state index in [1.807, 2.05) is 29.6 Å². The minimum atomic E-state index is -0.198. The van der Waals surface area contributed by atoms with E-state index in [-0.39, 0.29) is 18.2 Å². The molecule has 2 amide bonds. The van der Waals surface area contributed by atoms with E-state index in [4.69, 9.17) is 0 Å². The number of thiazole rings is 1. The molecule has 2 N–H and O–H groups in total. The first-order chi connectivity index (χ1) is 11.6. The van der Waals surface area contributed by atoms with Crippen molar-refractivity contribution in [2.24, 2.45) is 0 Å². The van der Waals surface area contributed by atoms with Gasteiger partial charge in [0.1, 0.15) is 0 Å². The van der Waals surface area contributed by atoms with Crippen LogP contribution in [-0.4, -0.2) is 16.8 Å². The van der Waals surface area contributed by atoms with Crippen molar-refractivity contribution in [2.45, 2.75) is 6.42 Å². The summed E-state index contributed by atoms with van der Waals surface area (Å²) in [6.07, 6.45) is 0.150. The predicted octanol–water partition coefficient (Wildman–Crippen LogP) is 4.40. The Balaban J connectivity index is 1.57. The van der Waals surface area contributed by atoms with Crippen molar-refractivity contribution in [1.82, 2.24) is 4.98 Å². The zero-order chi connectivity index (χ0) is 16.9. The van der Waals surface area contributed by atoms with Gasteiger partial charge in [-0.05, 0) is 29.6 Å². The quantitative estimate of drug-likeness (QED) is 0.640. The highest BCUT2D eigenvalue weighted by molar-refractivity contribution is 9.10. The van der Waals surface area contributed by atoms with Gasteiger partial charge in [0.25, 0.3) is 5.91 Å². The number of hydrogen-bond donors (Lipinski definition) is 2. The lowest BCUT2D eigenvalue weighted by molar-refractivity contribution is -0.115. The molecule has 3 rings (SSSR count). The molecule has 0 fully saturated rings. The maximum atomic E-state index is 12.1. The minimum absolute atomic E-state index is 0.150. The SMILES string of the molecule is O=C(Cc1csc(NC(=O)c2ccsc2)n1)Nc1cccc(Br)c1. The summed E-state index contributed by atoms with van der Waals surface area (Å²) in [7, 11) is 0. The van der Waals surface area contributed by atoms with E-state index in [1.54, 1.807) is 16.8 Å². The van der Waals surface area contributed by atoms with E-state index in [0.717, 1.165) is 10.2 Å².